The van der Waals surface area contributed by atoms with Crippen LogP contribution in [0.5, 0.6) is 5.75 Å². The van der Waals surface area contributed by atoms with E-state index in [0.717, 1.165) is 31.9 Å². The van der Waals surface area contributed by atoms with Crippen LogP contribution < -0.4 is 9.64 Å². The van der Waals surface area contributed by atoms with E-state index in [1.807, 2.05) is 54.4 Å². The van der Waals surface area contributed by atoms with Gasteiger partial charge in [0.15, 0.2) is 6.61 Å². The first kappa shape index (κ1) is 23.1. The van der Waals surface area contributed by atoms with Gasteiger partial charge in [0.05, 0.1) is 13.2 Å². The molecule has 2 amide bonds. The SMILES string of the molecule is CN(Cc1ccccc1N1CCOCC1)C(=O)C1CCN(C(=O)COc2ccccc2)CC1. The number of ether oxygens (including phenoxy) is 2. The molecule has 176 valence electrons. The van der Waals surface area contributed by atoms with Crippen LogP contribution in [-0.4, -0.2) is 74.7 Å². The van der Waals surface area contributed by atoms with E-state index in [0.29, 0.717) is 38.2 Å². The molecule has 2 aromatic rings. The van der Waals surface area contributed by atoms with Gasteiger partial charge in [-0.2, -0.15) is 0 Å². The average Bonchev–Trinajstić information content (AvgIpc) is 2.88. The van der Waals surface area contributed by atoms with Crippen LogP contribution in [0.25, 0.3) is 0 Å². The van der Waals surface area contributed by atoms with Gasteiger partial charge in [-0.05, 0) is 36.6 Å². The number of piperidine rings is 1. The Kier molecular flexibility index (Phi) is 7.83. The van der Waals surface area contributed by atoms with E-state index in [1.54, 1.807) is 4.90 Å². The standard InChI is InChI=1S/C26H33N3O4/c1-27(19-22-7-5-6-10-24(22)28-15-17-32-18-16-28)26(31)21-11-13-29(14-12-21)25(30)20-33-23-8-3-2-4-9-23/h2-10,21H,11-20H2,1H3. The molecule has 0 aromatic heterocycles. The molecule has 2 fully saturated rings. The van der Waals surface area contributed by atoms with Crippen molar-refractivity contribution >= 4 is 17.5 Å². The van der Waals surface area contributed by atoms with E-state index in [4.69, 9.17) is 9.47 Å². The number of anilines is 1. The minimum atomic E-state index is -0.0513. The number of hydrogen-bond donors (Lipinski definition) is 0. The Hall–Kier alpha value is -3.06. The van der Waals surface area contributed by atoms with Gasteiger partial charge in [0.2, 0.25) is 5.91 Å². The van der Waals surface area contributed by atoms with Crippen LogP contribution in [0.4, 0.5) is 5.69 Å². The summed E-state index contributed by atoms with van der Waals surface area (Å²) < 4.78 is 11.1. The Labute approximate surface area is 195 Å². The largest absolute Gasteiger partial charge is 0.484 e. The third-order valence-electron chi connectivity index (χ3n) is 6.43. The van der Waals surface area contributed by atoms with Crippen molar-refractivity contribution in [3.63, 3.8) is 0 Å². The molecule has 0 spiro atoms. The molecule has 0 aliphatic carbocycles. The van der Waals surface area contributed by atoms with Crippen molar-refractivity contribution in [2.75, 3.05) is 57.9 Å². The monoisotopic (exact) mass is 451 g/mol. The summed E-state index contributed by atoms with van der Waals surface area (Å²) in [4.78, 5) is 31.6. The van der Waals surface area contributed by atoms with E-state index >= 15 is 0 Å². The van der Waals surface area contributed by atoms with Crippen molar-refractivity contribution in [1.82, 2.24) is 9.80 Å². The maximum absolute atomic E-state index is 13.1. The van der Waals surface area contributed by atoms with Crippen molar-refractivity contribution in [3.8, 4) is 5.75 Å². The molecular formula is C26H33N3O4. The van der Waals surface area contributed by atoms with Crippen molar-refractivity contribution in [1.29, 1.82) is 0 Å². The Morgan fingerprint density at radius 3 is 2.36 bits per heavy atom. The van der Waals surface area contributed by atoms with E-state index < -0.39 is 0 Å². The molecule has 2 saturated heterocycles. The van der Waals surface area contributed by atoms with Crippen LogP contribution >= 0.6 is 0 Å². The van der Waals surface area contributed by atoms with Crippen LogP contribution in [0.3, 0.4) is 0 Å². The maximum Gasteiger partial charge on any atom is 0.260 e. The molecule has 0 saturated carbocycles. The van der Waals surface area contributed by atoms with Crippen molar-refractivity contribution in [2.24, 2.45) is 5.92 Å². The number of hydrogen-bond acceptors (Lipinski definition) is 5. The van der Waals surface area contributed by atoms with Crippen LogP contribution in [-0.2, 0) is 20.9 Å². The molecule has 2 heterocycles. The Balaban J connectivity index is 1.27. The number of carbonyl (C=O) groups excluding carboxylic acids is 2. The van der Waals surface area contributed by atoms with Gasteiger partial charge in [-0.3, -0.25) is 9.59 Å². The van der Waals surface area contributed by atoms with Gasteiger partial charge in [-0.25, -0.2) is 0 Å². The van der Waals surface area contributed by atoms with Crippen LogP contribution in [0.2, 0.25) is 0 Å². The lowest BCUT2D eigenvalue weighted by Crippen LogP contribution is -2.45. The summed E-state index contributed by atoms with van der Waals surface area (Å²) in [6.07, 6.45) is 1.37. The fraction of sp³-hybridized carbons (Fsp3) is 0.462. The minimum absolute atomic E-state index is 0.0286. The van der Waals surface area contributed by atoms with Gasteiger partial charge < -0.3 is 24.2 Å². The Bertz CT molecular complexity index is 922. The summed E-state index contributed by atoms with van der Waals surface area (Å²) >= 11 is 0. The van der Waals surface area contributed by atoms with Crippen molar-refractivity contribution in [2.45, 2.75) is 19.4 Å². The molecule has 7 heteroatoms. The Morgan fingerprint density at radius 1 is 0.970 bits per heavy atom. The lowest BCUT2D eigenvalue weighted by molar-refractivity contribution is -0.141. The smallest absolute Gasteiger partial charge is 0.260 e. The number of nitrogens with zero attached hydrogens (tertiary/aromatic N) is 3. The predicted molar refractivity (Wildman–Crippen MR) is 127 cm³/mol. The normalized spacial score (nSPS) is 17.0. The second-order valence-electron chi connectivity index (χ2n) is 8.68. The molecule has 0 unspecified atom stereocenters. The molecule has 0 bridgehead atoms. The first-order valence-corrected chi connectivity index (χ1v) is 11.7. The quantitative estimate of drug-likeness (QED) is 0.648. The Morgan fingerprint density at radius 2 is 1.64 bits per heavy atom. The number of para-hydroxylation sites is 2. The van der Waals surface area contributed by atoms with E-state index in [9.17, 15) is 9.59 Å². The first-order chi connectivity index (χ1) is 16.1. The van der Waals surface area contributed by atoms with Gasteiger partial charge in [0.1, 0.15) is 5.75 Å². The highest BCUT2D eigenvalue weighted by atomic mass is 16.5. The number of carbonyl (C=O) groups is 2. The second-order valence-corrected chi connectivity index (χ2v) is 8.68. The summed E-state index contributed by atoms with van der Waals surface area (Å²) in [6.45, 7) is 4.99. The molecule has 7 nitrogen and oxygen atoms in total. The van der Waals surface area contributed by atoms with Crippen LogP contribution in [0, 0.1) is 5.92 Å². The lowest BCUT2D eigenvalue weighted by atomic mass is 9.95. The van der Waals surface area contributed by atoms with Gasteiger partial charge in [-0.1, -0.05) is 36.4 Å². The van der Waals surface area contributed by atoms with Gasteiger partial charge in [0.25, 0.3) is 5.91 Å². The predicted octanol–water partition coefficient (Wildman–Crippen LogP) is 2.80. The van der Waals surface area contributed by atoms with Crippen LogP contribution in [0.15, 0.2) is 54.6 Å². The number of rotatable bonds is 7. The zero-order valence-electron chi connectivity index (χ0n) is 19.3. The number of amides is 2. The van der Waals surface area contributed by atoms with E-state index in [-0.39, 0.29) is 24.3 Å². The molecule has 0 radical (unpaired) electrons. The molecule has 2 aliphatic rings. The summed E-state index contributed by atoms with van der Waals surface area (Å²) in [6, 6.07) is 17.7. The summed E-state index contributed by atoms with van der Waals surface area (Å²) in [5, 5.41) is 0. The molecular weight excluding hydrogens is 418 g/mol. The van der Waals surface area contributed by atoms with Crippen molar-refractivity contribution in [3.05, 3.63) is 60.2 Å². The van der Waals surface area contributed by atoms with Gasteiger partial charge in [0, 0.05) is 51.4 Å². The molecule has 0 N–H and O–H groups in total. The topological polar surface area (TPSA) is 62.3 Å². The lowest BCUT2D eigenvalue weighted by Gasteiger charge is -2.34. The summed E-state index contributed by atoms with van der Waals surface area (Å²) in [5.41, 5.74) is 2.33. The zero-order chi connectivity index (χ0) is 23.0. The molecule has 0 atom stereocenters. The summed E-state index contributed by atoms with van der Waals surface area (Å²) in [5.74, 6) is 0.761. The minimum Gasteiger partial charge on any atom is -0.484 e. The van der Waals surface area contributed by atoms with Gasteiger partial charge in [-0.15, -0.1) is 0 Å². The molecule has 4 rings (SSSR count). The number of likely N-dealkylation sites (tertiary alicyclic amines) is 1. The first-order valence-electron chi connectivity index (χ1n) is 11.7. The molecule has 33 heavy (non-hydrogen) atoms. The van der Waals surface area contributed by atoms with Crippen molar-refractivity contribution < 1.29 is 19.1 Å². The highest BCUT2D eigenvalue weighted by Crippen LogP contribution is 2.25. The number of morpholine rings is 1. The second kappa shape index (κ2) is 11.2. The summed E-state index contributed by atoms with van der Waals surface area (Å²) in [7, 11) is 1.88. The van der Waals surface area contributed by atoms with Crippen LogP contribution in [0.1, 0.15) is 18.4 Å². The zero-order valence-corrected chi connectivity index (χ0v) is 19.3. The third kappa shape index (κ3) is 6.05. The molecule has 2 aromatic carbocycles. The van der Waals surface area contributed by atoms with Gasteiger partial charge >= 0.3 is 0 Å². The average molecular weight is 452 g/mol. The maximum atomic E-state index is 13.1. The highest BCUT2D eigenvalue weighted by molar-refractivity contribution is 5.80. The van der Waals surface area contributed by atoms with E-state index in [1.165, 1.54) is 5.69 Å². The number of benzene rings is 2. The third-order valence-corrected chi connectivity index (χ3v) is 6.43. The van der Waals surface area contributed by atoms with E-state index in [2.05, 4.69) is 17.0 Å². The fourth-order valence-corrected chi connectivity index (χ4v) is 4.53. The fourth-order valence-electron chi connectivity index (χ4n) is 4.53. The molecule has 2 aliphatic heterocycles. The highest BCUT2D eigenvalue weighted by Gasteiger charge is 2.29.